The van der Waals surface area contributed by atoms with Crippen molar-refractivity contribution in [2.24, 2.45) is 5.73 Å². The van der Waals surface area contributed by atoms with E-state index < -0.39 is 0 Å². The number of carbonyl (C=O) groups excluding carboxylic acids is 1. The molecule has 1 heterocycles. The monoisotopic (exact) mass is 358 g/mol. The summed E-state index contributed by atoms with van der Waals surface area (Å²) in [5, 5.41) is 7.50. The molecule has 1 aliphatic carbocycles. The Labute approximate surface area is 155 Å². The van der Waals surface area contributed by atoms with E-state index in [9.17, 15) is 4.79 Å². The van der Waals surface area contributed by atoms with Crippen molar-refractivity contribution < 1.29 is 9.53 Å². The first-order valence-corrected chi connectivity index (χ1v) is 9.54. The second-order valence-corrected chi connectivity index (χ2v) is 7.44. The SMILES string of the molecule is COC(=O)CCN1CCN(C2CCC(c3ccc(C(=N)N)cc3)CC2)C1. The first-order chi connectivity index (χ1) is 12.6. The molecular formula is C20H30N4O2. The third-order valence-electron chi connectivity index (χ3n) is 5.85. The molecule has 1 aromatic carbocycles. The normalized spacial score (nSPS) is 24.5. The highest BCUT2D eigenvalue weighted by atomic mass is 16.5. The number of esters is 1. The molecule has 26 heavy (non-hydrogen) atoms. The lowest BCUT2D eigenvalue weighted by Crippen LogP contribution is -2.37. The van der Waals surface area contributed by atoms with Crippen LogP contribution in [0.2, 0.25) is 0 Å². The van der Waals surface area contributed by atoms with Crippen LogP contribution in [-0.4, -0.2) is 61.1 Å². The number of ether oxygens (including phenoxy) is 1. The molecule has 0 spiro atoms. The minimum absolute atomic E-state index is 0.125. The smallest absolute Gasteiger partial charge is 0.306 e. The Morgan fingerprint density at radius 3 is 2.50 bits per heavy atom. The van der Waals surface area contributed by atoms with Crippen LogP contribution in [0.25, 0.3) is 0 Å². The van der Waals surface area contributed by atoms with Gasteiger partial charge in [0.05, 0.1) is 20.2 Å². The number of nitrogens with zero attached hydrogens (tertiary/aromatic N) is 2. The Morgan fingerprint density at radius 2 is 1.88 bits per heavy atom. The fourth-order valence-electron chi connectivity index (χ4n) is 4.21. The zero-order chi connectivity index (χ0) is 18.5. The molecule has 6 nitrogen and oxygen atoms in total. The van der Waals surface area contributed by atoms with Gasteiger partial charge in [-0.3, -0.25) is 20.0 Å². The van der Waals surface area contributed by atoms with Crippen LogP contribution in [0.15, 0.2) is 24.3 Å². The number of nitrogens with two attached hydrogens (primary N) is 1. The topological polar surface area (TPSA) is 82.7 Å². The Bertz CT molecular complexity index is 623. The van der Waals surface area contributed by atoms with Crippen molar-refractivity contribution in [2.75, 3.05) is 33.4 Å². The molecule has 0 atom stereocenters. The lowest BCUT2D eigenvalue weighted by molar-refractivity contribution is -0.140. The minimum atomic E-state index is -0.125. The molecule has 0 aromatic heterocycles. The van der Waals surface area contributed by atoms with Crippen molar-refractivity contribution in [3.63, 3.8) is 0 Å². The van der Waals surface area contributed by atoms with E-state index in [1.165, 1.54) is 38.4 Å². The van der Waals surface area contributed by atoms with E-state index in [-0.39, 0.29) is 11.8 Å². The molecule has 1 aliphatic heterocycles. The van der Waals surface area contributed by atoms with Gasteiger partial charge in [-0.25, -0.2) is 0 Å². The summed E-state index contributed by atoms with van der Waals surface area (Å²) >= 11 is 0. The van der Waals surface area contributed by atoms with Gasteiger partial charge in [-0.1, -0.05) is 24.3 Å². The summed E-state index contributed by atoms with van der Waals surface area (Å²) in [6.45, 7) is 3.91. The molecule has 142 valence electrons. The molecule has 1 saturated carbocycles. The number of hydrogen-bond acceptors (Lipinski definition) is 5. The lowest BCUT2D eigenvalue weighted by atomic mass is 9.81. The predicted octanol–water partition coefficient (Wildman–Crippen LogP) is 2.14. The van der Waals surface area contributed by atoms with E-state index in [2.05, 4.69) is 21.9 Å². The van der Waals surface area contributed by atoms with Crippen molar-refractivity contribution in [1.29, 1.82) is 5.41 Å². The number of carbonyl (C=O) groups is 1. The van der Waals surface area contributed by atoms with Crippen LogP contribution >= 0.6 is 0 Å². The highest BCUT2D eigenvalue weighted by Gasteiger charge is 2.30. The Morgan fingerprint density at radius 1 is 1.19 bits per heavy atom. The minimum Gasteiger partial charge on any atom is -0.469 e. The van der Waals surface area contributed by atoms with Crippen LogP contribution in [0, 0.1) is 5.41 Å². The highest BCUT2D eigenvalue weighted by molar-refractivity contribution is 5.94. The Kier molecular flexibility index (Phi) is 6.27. The summed E-state index contributed by atoms with van der Waals surface area (Å²) in [6, 6.07) is 8.84. The van der Waals surface area contributed by atoms with Gasteiger partial charge in [-0.05, 0) is 37.2 Å². The third-order valence-corrected chi connectivity index (χ3v) is 5.85. The molecule has 0 bridgehead atoms. The van der Waals surface area contributed by atoms with Crippen molar-refractivity contribution in [3.8, 4) is 0 Å². The molecule has 1 aromatic rings. The molecule has 2 fully saturated rings. The van der Waals surface area contributed by atoms with Gasteiger partial charge in [0.2, 0.25) is 0 Å². The average Bonchev–Trinajstić information content (AvgIpc) is 3.15. The fraction of sp³-hybridized carbons (Fsp3) is 0.600. The lowest BCUT2D eigenvalue weighted by Gasteiger charge is -2.34. The number of methoxy groups -OCH3 is 1. The first-order valence-electron chi connectivity index (χ1n) is 9.54. The standard InChI is InChI=1S/C20H30N4O2/c1-26-19(25)10-11-23-12-13-24(14-23)18-8-6-16(7-9-18)15-2-4-17(5-3-15)20(21)22/h2-5,16,18H,6-14H2,1H3,(H3,21,22). The van der Waals surface area contributed by atoms with Crippen molar-refractivity contribution >= 4 is 11.8 Å². The maximum Gasteiger partial charge on any atom is 0.306 e. The zero-order valence-corrected chi connectivity index (χ0v) is 15.6. The van der Waals surface area contributed by atoms with Crippen LogP contribution in [0.1, 0.15) is 49.1 Å². The van der Waals surface area contributed by atoms with E-state index >= 15 is 0 Å². The van der Waals surface area contributed by atoms with Crippen LogP contribution in [-0.2, 0) is 9.53 Å². The number of nitrogen functional groups attached to an aromatic ring is 1. The summed E-state index contributed by atoms with van der Waals surface area (Å²) in [5.74, 6) is 0.621. The second kappa shape index (κ2) is 8.64. The van der Waals surface area contributed by atoms with Gasteiger partial charge >= 0.3 is 5.97 Å². The third kappa shape index (κ3) is 4.62. The first kappa shape index (κ1) is 18.9. The van der Waals surface area contributed by atoms with Gasteiger partial charge < -0.3 is 10.5 Å². The number of nitrogens with one attached hydrogen (secondary N) is 1. The van der Waals surface area contributed by atoms with Crippen molar-refractivity contribution in [1.82, 2.24) is 9.80 Å². The number of amidine groups is 1. The molecule has 0 unspecified atom stereocenters. The molecule has 6 heteroatoms. The number of hydrogen-bond donors (Lipinski definition) is 2. The highest BCUT2D eigenvalue weighted by Crippen LogP contribution is 2.35. The van der Waals surface area contributed by atoms with E-state index in [0.717, 1.165) is 31.9 Å². The summed E-state index contributed by atoms with van der Waals surface area (Å²) in [5.41, 5.74) is 7.70. The Hall–Kier alpha value is -1.92. The second-order valence-electron chi connectivity index (χ2n) is 7.44. The maximum atomic E-state index is 11.3. The van der Waals surface area contributed by atoms with Gasteiger partial charge in [0.15, 0.2) is 0 Å². The van der Waals surface area contributed by atoms with Crippen LogP contribution in [0.5, 0.6) is 0 Å². The Balaban J connectivity index is 1.45. The molecule has 0 amide bonds. The van der Waals surface area contributed by atoms with E-state index in [0.29, 0.717) is 18.4 Å². The van der Waals surface area contributed by atoms with Crippen LogP contribution in [0.3, 0.4) is 0 Å². The average molecular weight is 358 g/mol. The van der Waals surface area contributed by atoms with E-state index in [1.54, 1.807) is 0 Å². The largest absolute Gasteiger partial charge is 0.469 e. The summed E-state index contributed by atoms with van der Waals surface area (Å²) < 4.78 is 4.73. The van der Waals surface area contributed by atoms with Gasteiger partial charge in [0.1, 0.15) is 5.84 Å². The molecule has 3 N–H and O–H groups in total. The maximum absolute atomic E-state index is 11.3. The van der Waals surface area contributed by atoms with Gasteiger partial charge in [-0.2, -0.15) is 0 Å². The van der Waals surface area contributed by atoms with Crippen molar-refractivity contribution in [2.45, 2.75) is 44.1 Å². The number of rotatable bonds is 6. The quantitative estimate of drug-likeness (QED) is 0.462. The van der Waals surface area contributed by atoms with Gasteiger partial charge in [0, 0.05) is 31.2 Å². The molecule has 1 saturated heterocycles. The van der Waals surface area contributed by atoms with Crippen LogP contribution < -0.4 is 5.73 Å². The fourth-order valence-corrected chi connectivity index (χ4v) is 4.21. The van der Waals surface area contributed by atoms with Crippen LogP contribution in [0.4, 0.5) is 0 Å². The summed E-state index contributed by atoms with van der Waals surface area (Å²) in [6.07, 6.45) is 5.35. The summed E-state index contributed by atoms with van der Waals surface area (Å²) in [7, 11) is 1.45. The van der Waals surface area contributed by atoms with E-state index in [1.807, 2.05) is 12.1 Å². The molecule has 0 radical (unpaired) electrons. The molecular weight excluding hydrogens is 328 g/mol. The molecule has 2 aliphatic rings. The zero-order valence-electron chi connectivity index (χ0n) is 15.6. The van der Waals surface area contributed by atoms with Crippen molar-refractivity contribution in [3.05, 3.63) is 35.4 Å². The van der Waals surface area contributed by atoms with Gasteiger partial charge in [-0.15, -0.1) is 0 Å². The van der Waals surface area contributed by atoms with E-state index in [4.69, 9.17) is 15.9 Å². The number of benzene rings is 1. The van der Waals surface area contributed by atoms with Gasteiger partial charge in [0.25, 0.3) is 0 Å². The predicted molar refractivity (Wildman–Crippen MR) is 102 cm³/mol. The summed E-state index contributed by atoms with van der Waals surface area (Å²) in [4.78, 5) is 16.2. The molecule has 3 rings (SSSR count).